The number of rotatable bonds is 4. The monoisotopic (exact) mass is 314 g/mol. The molecule has 1 aromatic heterocycles. The van der Waals surface area contributed by atoms with Gasteiger partial charge in [0.1, 0.15) is 5.82 Å². The summed E-state index contributed by atoms with van der Waals surface area (Å²) in [6.45, 7) is 4.05. The van der Waals surface area contributed by atoms with E-state index in [1.54, 1.807) is 12.1 Å². The normalized spacial score (nSPS) is 12.3. The quantitative estimate of drug-likeness (QED) is 0.633. The number of thioether (sulfide) groups is 1. The van der Waals surface area contributed by atoms with Crippen molar-refractivity contribution in [3.8, 4) is 11.5 Å². The smallest absolute Gasteiger partial charge is 0.277 e. The van der Waals surface area contributed by atoms with E-state index in [2.05, 4.69) is 10.2 Å². The molecule has 0 aliphatic carbocycles. The van der Waals surface area contributed by atoms with Gasteiger partial charge in [-0.05, 0) is 43.7 Å². The Bertz CT molecular complexity index is 753. The third-order valence-electron chi connectivity index (χ3n) is 3.32. The van der Waals surface area contributed by atoms with Crippen molar-refractivity contribution in [2.75, 3.05) is 0 Å². The van der Waals surface area contributed by atoms with Crippen LogP contribution in [0.1, 0.15) is 23.3 Å². The number of nitrogens with zero attached hydrogens (tertiary/aromatic N) is 2. The van der Waals surface area contributed by atoms with Crippen LogP contribution >= 0.6 is 11.8 Å². The molecule has 0 fully saturated rings. The molecule has 1 heterocycles. The van der Waals surface area contributed by atoms with Gasteiger partial charge < -0.3 is 4.42 Å². The van der Waals surface area contributed by atoms with Crippen LogP contribution in [0.15, 0.2) is 58.2 Å². The summed E-state index contributed by atoms with van der Waals surface area (Å²) in [6.07, 6.45) is 0. The molecule has 2 aromatic carbocycles. The molecule has 0 radical (unpaired) electrons. The van der Waals surface area contributed by atoms with E-state index in [-0.39, 0.29) is 11.1 Å². The second-order valence-electron chi connectivity index (χ2n) is 5.05. The topological polar surface area (TPSA) is 38.9 Å². The first-order valence-electron chi connectivity index (χ1n) is 6.94. The van der Waals surface area contributed by atoms with E-state index in [4.69, 9.17) is 4.42 Å². The first kappa shape index (κ1) is 14.8. The van der Waals surface area contributed by atoms with Crippen molar-refractivity contribution < 1.29 is 8.81 Å². The lowest BCUT2D eigenvalue weighted by molar-refractivity contribution is 0.465. The van der Waals surface area contributed by atoms with Crippen LogP contribution in [-0.2, 0) is 0 Å². The Morgan fingerprint density at radius 2 is 1.68 bits per heavy atom. The number of hydrogen-bond donors (Lipinski definition) is 0. The minimum Gasteiger partial charge on any atom is -0.411 e. The molecule has 0 spiro atoms. The molecule has 0 N–H and O–H groups in total. The minimum absolute atomic E-state index is 0.104. The molecule has 0 bridgehead atoms. The van der Waals surface area contributed by atoms with E-state index in [1.807, 2.05) is 38.1 Å². The molecule has 1 atom stereocenters. The zero-order chi connectivity index (χ0) is 15.5. The molecule has 3 rings (SSSR count). The number of aromatic nitrogens is 2. The molecule has 5 heteroatoms. The Labute approximate surface area is 132 Å². The first-order chi connectivity index (χ1) is 10.6. The molecule has 1 unspecified atom stereocenters. The summed E-state index contributed by atoms with van der Waals surface area (Å²) in [5.74, 6) is 0.272. The molecule has 0 aliphatic heterocycles. The van der Waals surface area contributed by atoms with Gasteiger partial charge in [0.25, 0.3) is 5.22 Å². The van der Waals surface area contributed by atoms with Crippen molar-refractivity contribution in [3.05, 3.63) is 65.5 Å². The average molecular weight is 314 g/mol. The highest BCUT2D eigenvalue weighted by Crippen LogP contribution is 2.35. The minimum atomic E-state index is -0.236. The Kier molecular flexibility index (Phi) is 4.24. The Morgan fingerprint density at radius 1 is 1.00 bits per heavy atom. The Hall–Kier alpha value is -2.14. The maximum atomic E-state index is 12.9. The predicted octanol–water partition coefficient (Wildman–Crippen LogP) is 5.04. The maximum Gasteiger partial charge on any atom is 0.277 e. The zero-order valence-electron chi connectivity index (χ0n) is 12.3. The molecule has 112 valence electrons. The van der Waals surface area contributed by atoms with Crippen molar-refractivity contribution in [2.24, 2.45) is 0 Å². The van der Waals surface area contributed by atoms with Gasteiger partial charge in [-0.3, -0.25) is 0 Å². The van der Waals surface area contributed by atoms with E-state index in [0.29, 0.717) is 11.1 Å². The highest BCUT2D eigenvalue weighted by atomic mass is 32.2. The van der Waals surface area contributed by atoms with Gasteiger partial charge in [0.15, 0.2) is 0 Å². The number of hydrogen-bond acceptors (Lipinski definition) is 4. The van der Waals surface area contributed by atoms with Crippen LogP contribution in [0.5, 0.6) is 0 Å². The number of benzene rings is 2. The van der Waals surface area contributed by atoms with Crippen molar-refractivity contribution in [1.82, 2.24) is 10.2 Å². The van der Waals surface area contributed by atoms with Gasteiger partial charge >= 0.3 is 0 Å². The summed E-state index contributed by atoms with van der Waals surface area (Å²) in [5.41, 5.74) is 3.10. The summed E-state index contributed by atoms with van der Waals surface area (Å²) in [6, 6.07) is 14.4. The standard InChI is InChI=1S/C17H15FN2OS/c1-11-3-5-14(6-4-11)16-19-20-17(21-16)22-12(2)13-7-9-15(18)10-8-13/h3-10,12H,1-2H3. The summed E-state index contributed by atoms with van der Waals surface area (Å²) >= 11 is 1.46. The Balaban J connectivity index is 1.73. The molecule has 0 aliphatic rings. The van der Waals surface area contributed by atoms with Gasteiger partial charge in [-0.1, -0.05) is 41.6 Å². The predicted molar refractivity (Wildman–Crippen MR) is 85.1 cm³/mol. The van der Waals surface area contributed by atoms with Crippen LogP contribution in [0, 0.1) is 12.7 Å². The summed E-state index contributed by atoms with van der Waals surface area (Å²) in [7, 11) is 0. The van der Waals surface area contributed by atoms with Crippen LogP contribution < -0.4 is 0 Å². The van der Waals surface area contributed by atoms with Crippen LogP contribution in [0.25, 0.3) is 11.5 Å². The Morgan fingerprint density at radius 3 is 2.36 bits per heavy atom. The van der Waals surface area contributed by atoms with Gasteiger partial charge in [0.05, 0.1) is 0 Å². The molecule has 3 aromatic rings. The molecule has 3 nitrogen and oxygen atoms in total. The fourth-order valence-corrected chi connectivity index (χ4v) is 2.83. The van der Waals surface area contributed by atoms with E-state index in [1.165, 1.54) is 29.5 Å². The van der Waals surface area contributed by atoms with Crippen LogP contribution in [0.2, 0.25) is 0 Å². The van der Waals surface area contributed by atoms with Crippen molar-refractivity contribution in [3.63, 3.8) is 0 Å². The van der Waals surface area contributed by atoms with E-state index >= 15 is 0 Å². The lowest BCUT2D eigenvalue weighted by atomic mass is 10.1. The number of aryl methyl sites for hydroxylation is 1. The van der Waals surface area contributed by atoms with Crippen molar-refractivity contribution >= 4 is 11.8 Å². The van der Waals surface area contributed by atoms with Crippen LogP contribution in [-0.4, -0.2) is 10.2 Å². The van der Waals surface area contributed by atoms with Gasteiger partial charge in [0.2, 0.25) is 5.89 Å². The molecule has 22 heavy (non-hydrogen) atoms. The second kappa shape index (κ2) is 6.32. The van der Waals surface area contributed by atoms with Crippen molar-refractivity contribution in [1.29, 1.82) is 0 Å². The summed E-state index contributed by atoms with van der Waals surface area (Å²) < 4.78 is 18.6. The fraction of sp³-hybridized carbons (Fsp3) is 0.176. The zero-order valence-corrected chi connectivity index (χ0v) is 13.1. The lowest BCUT2D eigenvalue weighted by Crippen LogP contribution is -1.88. The lowest BCUT2D eigenvalue weighted by Gasteiger charge is -2.08. The third-order valence-corrected chi connectivity index (χ3v) is 4.31. The third kappa shape index (κ3) is 3.36. The summed E-state index contributed by atoms with van der Waals surface area (Å²) in [4.78, 5) is 0. The van der Waals surface area contributed by atoms with Gasteiger partial charge in [-0.15, -0.1) is 10.2 Å². The second-order valence-corrected chi connectivity index (χ2v) is 6.34. The van der Waals surface area contributed by atoms with Crippen molar-refractivity contribution in [2.45, 2.75) is 24.3 Å². The van der Waals surface area contributed by atoms with Crippen LogP contribution in [0.4, 0.5) is 4.39 Å². The molecular formula is C17H15FN2OS. The highest BCUT2D eigenvalue weighted by molar-refractivity contribution is 7.99. The largest absolute Gasteiger partial charge is 0.411 e. The summed E-state index contributed by atoms with van der Waals surface area (Å²) in [5, 5.41) is 8.76. The SMILES string of the molecule is Cc1ccc(-c2nnc(SC(C)c3ccc(F)cc3)o2)cc1. The van der Waals surface area contributed by atoms with E-state index in [9.17, 15) is 4.39 Å². The van der Waals surface area contributed by atoms with Gasteiger partial charge in [-0.2, -0.15) is 0 Å². The van der Waals surface area contributed by atoms with Gasteiger partial charge in [-0.25, -0.2) is 4.39 Å². The first-order valence-corrected chi connectivity index (χ1v) is 7.82. The number of halogens is 1. The fourth-order valence-electron chi connectivity index (χ4n) is 2.02. The molecule has 0 saturated heterocycles. The van der Waals surface area contributed by atoms with Gasteiger partial charge in [0, 0.05) is 10.8 Å². The molecular weight excluding hydrogens is 299 g/mol. The average Bonchev–Trinajstić information content (AvgIpc) is 2.97. The highest BCUT2D eigenvalue weighted by Gasteiger charge is 2.14. The van der Waals surface area contributed by atoms with E-state index in [0.717, 1.165) is 11.1 Å². The molecule has 0 saturated carbocycles. The van der Waals surface area contributed by atoms with Crippen LogP contribution in [0.3, 0.4) is 0 Å². The maximum absolute atomic E-state index is 12.9. The molecule has 0 amide bonds. The van der Waals surface area contributed by atoms with E-state index < -0.39 is 0 Å².